The van der Waals surface area contributed by atoms with Gasteiger partial charge in [0.05, 0.1) is 13.2 Å². The Hall–Kier alpha value is -3.47. The van der Waals surface area contributed by atoms with Crippen LogP contribution >= 0.6 is 0 Å². The molecule has 0 aliphatic carbocycles. The molecule has 3 rings (SSSR count). The van der Waals surface area contributed by atoms with Gasteiger partial charge in [-0.1, -0.05) is 48.5 Å². The Labute approximate surface area is 198 Å². The molecule has 1 saturated heterocycles. The lowest BCUT2D eigenvalue weighted by Gasteiger charge is -2.35. The van der Waals surface area contributed by atoms with E-state index in [0.717, 1.165) is 50.4 Å². The van der Waals surface area contributed by atoms with Gasteiger partial charge in [-0.25, -0.2) is 19.3 Å². The number of aliphatic carboxylic acids is 1. The van der Waals surface area contributed by atoms with Crippen molar-refractivity contribution in [3.8, 4) is 11.1 Å². The van der Waals surface area contributed by atoms with E-state index < -0.39 is 18.1 Å². The minimum Gasteiger partial charge on any atom is -0.480 e. The maximum atomic E-state index is 11.3. The highest BCUT2D eigenvalue weighted by Gasteiger charge is 2.19. The van der Waals surface area contributed by atoms with Crippen molar-refractivity contribution in [1.82, 2.24) is 14.7 Å². The highest BCUT2D eigenvalue weighted by molar-refractivity contribution is 5.88. The number of piperazine rings is 1. The predicted molar refractivity (Wildman–Crippen MR) is 125 cm³/mol. The van der Waals surface area contributed by atoms with Crippen molar-refractivity contribution in [2.24, 2.45) is 5.73 Å². The lowest BCUT2D eigenvalue weighted by Crippen LogP contribution is -2.46. The monoisotopic (exact) mass is 470 g/mol. The maximum absolute atomic E-state index is 11.3. The van der Waals surface area contributed by atoms with Crippen LogP contribution in [0, 0.1) is 0 Å². The molecule has 0 radical (unpaired) electrons. The zero-order chi connectivity index (χ0) is 24.5. The van der Waals surface area contributed by atoms with Gasteiger partial charge in [0.25, 0.3) is 0 Å². The Kier molecular flexibility index (Phi) is 8.97. The van der Waals surface area contributed by atoms with Gasteiger partial charge < -0.3 is 20.7 Å². The number of hydrogen-bond acceptors (Lipinski definition) is 6. The first-order valence-corrected chi connectivity index (χ1v) is 11.0. The number of nitrogens with zero attached hydrogens (tertiary/aromatic N) is 3. The zero-order valence-corrected chi connectivity index (χ0v) is 18.9. The van der Waals surface area contributed by atoms with E-state index in [4.69, 9.17) is 20.7 Å². The van der Waals surface area contributed by atoms with Crippen molar-refractivity contribution in [3.63, 3.8) is 0 Å². The van der Waals surface area contributed by atoms with Gasteiger partial charge in [-0.3, -0.25) is 9.80 Å². The number of urea groups is 1. The Balaban J connectivity index is 1.57. The van der Waals surface area contributed by atoms with Crippen LogP contribution in [0.1, 0.15) is 11.1 Å². The second kappa shape index (κ2) is 12.1. The molecular weight excluding hydrogens is 440 g/mol. The summed E-state index contributed by atoms with van der Waals surface area (Å²) in [6.45, 7) is 5.18. The summed E-state index contributed by atoms with van der Waals surface area (Å²) in [5.74, 6) is -0.953. The number of primary amides is 1. The fraction of sp³-hybridized carbons (Fsp3) is 0.375. The van der Waals surface area contributed by atoms with Crippen LogP contribution in [0.3, 0.4) is 0 Å². The lowest BCUT2D eigenvalue weighted by molar-refractivity contribution is -0.142. The number of benzene rings is 2. The maximum Gasteiger partial charge on any atom is 0.415 e. The van der Waals surface area contributed by atoms with E-state index in [1.165, 1.54) is 5.56 Å². The molecule has 0 aromatic heterocycles. The average Bonchev–Trinajstić information content (AvgIpc) is 2.81. The largest absolute Gasteiger partial charge is 0.480 e. The number of nitrogens with two attached hydrogens (primary N) is 1. The van der Waals surface area contributed by atoms with Crippen molar-refractivity contribution >= 4 is 18.1 Å². The third-order valence-electron chi connectivity index (χ3n) is 5.76. The van der Waals surface area contributed by atoms with E-state index in [0.29, 0.717) is 17.1 Å². The molecule has 0 unspecified atom stereocenters. The molecular formula is C24H30N4O6. The van der Waals surface area contributed by atoms with Gasteiger partial charge in [0.15, 0.2) is 0 Å². The molecule has 10 heteroatoms. The molecule has 2 aromatic carbocycles. The van der Waals surface area contributed by atoms with E-state index in [1.807, 2.05) is 24.3 Å². The second-order valence-corrected chi connectivity index (χ2v) is 8.13. The number of hydrogen-bond donors (Lipinski definition) is 3. The number of amides is 3. The highest BCUT2D eigenvalue weighted by atomic mass is 16.5. The molecule has 1 heterocycles. The van der Waals surface area contributed by atoms with Crippen molar-refractivity contribution in [2.75, 3.05) is 45.9 Å². The number of carboxylic acid groups (broad SMARTS) is 2. The Morgan fingerprint density at radius 1 is 0.941 bits per heavy atom. The van der Waals surface area contributed by atoms with Crippen LogP contribution in [0.5, 0.6) is 0 Å². The van der Waals surface area contributed by atoms with Crippen molar-refractivity contribution in [2.45, 2.75) is 13.1 Å². The van der Waals surface area contributed by atoms with Crippen LogP contribution in [0.15, 0.2) is 48.5 Å². The first-order chi connectivity index (χ1) is 16.3. The van der Waals surface area contributed by atoms with E-state index in [1.54, 1.807) is 12.1 Å². The van der Waals surface area contributed by atoms with Crippen LogP contribution in [-0.2, 0) is 22.6 Å². The van der Waals surface area contributed by atoms with E-state index >= 15 is 0 Å². The molecule has 34 heavy (non-hydrogen) atoms. The summed E-state index contributed by atoms with van der Waals surface area (Å²) in [6, 6.07) is 14.6. The number of ether oxygens (including phenoxy) is 1. The lowest BCUT2D eigenvalue weighted by atomic mass is 9.98. The van der Waals surface area contributed by atoms with Crippen molar-refractivity contribution in [1.29, 1.82) is 0 Å². The summed E-state index contributed by atoms with van der Waals surface area (Å²) in [4.78, 5) is 38.2. The van der Waals surface area contributed by atoms with Gasteiger partial charge in [0.1, 0.15) is 6.61 Å². The number of rotatable bonds is 10. The molecule has 1 aliphatic rings. The number of carbonyl (C=O) groups is 3. The topological polar surface area (TPSA) is 137 Å². The molecule has 0 spiro atoms. The number of imide groups is 1. The quantitative estimate of drug-likeness (QED) is 0.449. The summed E-state index contributed by atoms with van der Waals surface area (Å²) in [7, 11) is 0. The van der Waals surface area contributed by atoms with Gasteiger partial charge in [-0.2, -0.15) is 0 Å². The fourth-order valence-electron chi connectivity index (χ4n) is 3.92. The molecule has 0 bridgehead atoms. The molecule has 0 saturated carbocycles. The molecule has 10 nitrogen and oxygen atoms in total. The SMILES string of the molecule is NC(=O)N(Cc1ccc(-c2ccccc2CN2CCN(CCOCC(=O)O)CC2)cc1)C(=O)O. The second-order valence-electron chi connectivity index (χ2n) is 8.13. The number of carbonyl (C=O) groups excluding carboxylic acids is 1. The predicted octanol–water partition coefficient (Wildman–Crippen LogP) is 2.13. The van der Waals surface area contributed by atoms with Gasteiger partial charge in [0.2, 0.25) is 0 Å². The summed E-state index contributed by atoms with van der Waals surface area (Å²) in [5.41, 5.74) is 9.11. The fourth-order valence-corrected chi connectivity index (χ4v) is 3.92. The van der Waals surface area contributed by atoms with Crippen LogP contribution in [-0.4, -0.2) is 88.9 Å². The molecule has 1 fully saturated rings. The highest BCUT2D eigenvalue weighted by Crippen LogP contribution is 2.26. The Morgan fingerprint density at radius 3 is 2.21 bits per heavy atom. The van der Waals surface area contributed by atoms with E-state index in [2.05, 4.69) is 21.9 Å². The average molecular weight is 471 g/mol. The summed E-state index contributed by atoms with van der Waals surface area (Å²) in [6.07, 6.45) is -1.38. The molecule has 3 amide bonds. The van der Waals surface area contributed by atoms with Crippen LogP contribution in [0.4, 0.5) is 9.59 Å². The molecule has 182 valence electrons. The molecule has 0 atom stereocenters. The first kappa shape index (κ1) is 25.2. The van der Waals surface area contributed by atoms with Crippen molar-refractivity contribution < 1.29 is 29.3 Å². The third kappa shape index (κ3) is 7.27. The third-order valence-corrected chi connectivity index (χ3v) is 5.76. The molecule has 2 aromatic rings. The van der Waals surface area contributed by atoms with Gasteiger partial charge in [-0.15, -0.1) is 0 Å². The van der Waals surface area contributed by atoms with E-state index in [-0.39, 0.29) is 13.2 Å². The molecule has 4 N–H and O–H groups in total. The smallest absolute Gasteiger partial charge is 0.415 e. The van der Waals surface area contributed by atoms with Crippen LogP contribution in [0.25, 0.3) is 11.1 Å². The summed E-state index contributed by atoms with van der Waals surface area (Å²) < 4.78 is 5.13. The summed E-state index contributed by atoms with van der Waals surface area (Å²) >= 11 is 0. The molecule has 1 aliphatic heterocycles. The zero-order valence-electron chi connectivity index (χ0n) is 18.9. The van der Waals surface area contributed by atoms with Gasteiger partial charge >= 0.3 is 18.1 Å². The Morgan fingerprint density at radius 2 is 1.59 bits per heavy atom. The minimum atomic E-state index is -1.38. The Bertz CT molecular complexity index is 975. The van der Waals surface area contributed by atoms with Crippen LogP contribution in [0.2, 0.25) is 0 Å². The normalized spacial score (nSPS) is 14.6. The minimum absolute atomic E-state index is 0.0990. The van der Waals surface area contributed by atoms with Gasteiger partial charge in [-0.05, 0) is 22.3 Å². The van der Waals surface area contributed by atoms with E-state index in [9.17, 15) is 14.4 Å². The number of carboxylic acids is 1. The van der Waals surface area contributed by atoms with Crippen molar-refractivity contribution in [3.05, 3.63) is 59.7 Å². The summed E-state index contributed by atoms with van der Waals surface area (Å²) in [5, 5.41) is 17.7. The standard InChI is InChI=1S/C24H30N4O6/c25-23(31)28(24(32)33)15-18-5-7-19(8-6-18)21-4-2-1-3-20(21)16-27-11-9-26(10-12-27)13-14-34-17-22(29)30/h1-8H,9-17H2,(H2,25,31)(H,29,30)(H,32,33). The first-order valence-electron chi connectivity index (χ1n) is 11.0. The van der Waals surface area contributed by atoms with Gasteiger partial charge in [0, 0.05) is 39.3 Å². The van der Waals surface area contributed by atoms with Crippen LogP contribution < -0.4 is 5.73 Å².